The molecule has 0 atom stereocenters. The molecular formula is C16H15N5O. The van der Waals surface area contributed by atoms with Crippen LogP contribution in [0.1, 0.15) is 11.4 Å². The summed E-state index contributed by atoms with van der Waals surface area (Å²) in [5.74, 6) is 1.52. The molecule has 1 aromatic carbocycles. The number of fused-ring (bicyclic) bond motifs is 3. The molecule has 3 heterocycles. The number of nitrogens with one attached hydrogen (secondary N) is 1. The van der Waals surface area contributed by atoms with Gasteiger partial charge in [-0.05, 0) is 38.1 Å². The molecule has 110 valence electrons. The second-order valence-corrected chi connectivity index (χ2v) is 5.33. The first kappa shape index (κ1) is 12.8. The van der Waals surface area contributed by atoms with Gasteiger partial charge in [-0.25, -0.2) is 4.68 Å². The summed E-state index contributed by atoms with van der Waals surface area (Å²) in [4.78, 5) is 3.41. The van der Waals surface area contributed by atoms with Gasteiger partial charge < -0.3 is 9.72 Å². The first-order chi connectivity index (χ1) is 10.7. The third-order valence-corrected chi connectivity index (χ3v) is 3.82. The Morgan fingerprint density at radius 3 is 2.73 bits per heavy atom. The fraction of sp³-hybridized carbons (Fsp3) is 0.188. The van der Waals surface area contributed by atoms with E-state index in [2.05, 4.69) is 20.3 Å². The number of methoxy groups -OCH3 is 1. The molecular weight excluding hydrogens is 278 g/mol. The van der Waals surface area contributed by atoms with Crippen LogP contribution in [-0.2, 0) is 0 Å². The zero-order valence-electron chi connectivity index (χ0n) is 12.6. The van der Waals surface area contributed by atoms with Crippen LogP contribution in [0, 0.1) is 13.8 Å². The molecule has 0 aliphatic heterocycles. The summed E-state index contributed by atoms with van der Waals surface area (Å²) >= 11 is 0. The summed E-state index contributed by atoms with van der Waals surface area (Å²) in [5, 5.41) is 15.0. The summed E-state index contributed by atoms with van der Waals surface area (Å²) in [7, 11) is 1.66. The smallest absolute Gasteiger partial charge is 0.200 e. The second-order valence-electron chi connectivity index (χ2n) is 5.33. The molecule has 0 spiro atoms. The lowest BCUT2D eigenvalue weighted by Gasteiger charge is -2.03. The predicted octanol–water partition coefficient (Wildman–Crippen LogP) is 2.92. The summed E-state index contributed by atoms with van der Waals surface area (Å²) in [5.41, 5.74) is 3.92. The van der Waals surface area contributed by atoms with Crippen LogP contribution in [0.2, 0.25) is 0 Å². The van der Waals surface area contributed by atoms with E-state index in [1.807, 2.05) is 42.8 Å². The van der Waals surface area contributed by atoms with Crippen molar-refractivity contribution in [2.24, 2.45) is 0 Å². The molecule has 6 heteroatoms. The van der Waals surface area contributed by atoms with Gasteiger partial charge in [-0.15, -0.1) is 5.10 Å². The Bertz CT molecular complexity index is 999. The van der Waals surface area contributed by atoms with E-state index in [-0.39, 0.29) is 0 Å². The van der Waals surface area contributed by atoms with Crippen molar-refractivity contribution in [1.82, 2.24) is 25.0 Å². The van der Waals surface area contributed by atoms with Gasteiger partial charge in [0.15, 0.2) is 5.82 Å². The van der Waals surface area contributed by atoms with E-state index in [9.17, 15) is 0 Å². The van der Waals surface area contributed by atoms with Crippen LogP contribution >= 0.6 is 0 Å². The number of aromatic nitrogens is 5. The molecule has 0 fully saturated rings. The summed E-state index contributed by atoms with van der Waals surface area (Å²) < 4.78 is 7.13. The molecule has 1 N–H and O–H groups in total. The Balaban J connectivity index is 2.07. The first-order valence-corrected chi connectivity index (χ1v) is 7.02. The lowest BCUT2D eigenvalue weighted by Crippen LogP contribution is -2.04. The molecule has 0 aliphatic rings. The highest BCUT2D eigenvalue weighted by molar-refractivity contribution is 6.09. The summed E-state index contributed by atoms with van der Waals surface area (Å²) in [6.45, 7) is 3.97. The van der Waals surface area contributed by atoms with Crippen molar-refractivity contribution >= 4 is 21.8 Å². The Morgan fingerprint density at radius 1 is 1.14 bits per heavy atom. The highest BCUT2D eigenvalue weighted by atomic mass is 16.5. The summed E-state index contributed by atoms with van der Waals surface area (Å²) in [6.07, 6.45) is 1.77. The van der Waals surface area contributed by atoms with E-state index in [1.165, 1.54) is 0 Å². The number of rotatable bonds is 2. The van der Waals surface area contributed by atoms with Gasteiger partial charge >= 0.3 is 0 Å². The molecule has 4 rings (SSSR count). The molecule has 0 radical (unpaired) electrons. The minimum atomic E-state index is 0.707. The molecule has 4 aromatic rings. The fourth-order valence-corrected chi connectivity index (χ4v) is 2.81. The van der Waals surface area contributed by atoms with Crippen LogP contribution in [-0.4, -0.2) is 32.1 Å². The van der Waals surface area contributed by atoms with E-state index in [4.69, 9.17) is 4.74 Å². The number of hydrogen-bond donors (Lipinski definition) is 1. The zero-order chi connectivity index (χ0) is 15.3. The van der Waals surface area contributed by atoms with Gasteiger partial charge in [-0.2, -0.15) is 10.2 Å². The molecule has 0 bridgehead atoms. The average Bonchev–Trinajstić information content (AvgIpc) is 3.06. The van der Waals surface area contributed by atoms with Gasteiger partial charge in [-0.3, -0.25) is 0 Å². The van der Waals surface area contributed by atoms with Crippen molar-refractivity contribution in [1.29, 1.82) is 0 Å². The van der Waals surface area contributed by atoms with Crippen LogP contribution in [0.4, 0.5) is 0 Å². The largest absolute Gasteiger partial charge is 0.497 e. The Hall–Kier alpha value is -2.89. The zero-order valence-corrected chi connectivity index (χ0v) is 12.6. The van der Waals surface area contributed by atoms with Gasteiger partial charge in [0.1, 0.15) is 5.75 Å². The van der Waals surface area contributed by atoms with Crippen LogP contribution in [0.15, 0.2) is 30.5 Å². The van der Waals surface area contributed by atoms with E-state index < -0.39 is 0 Å². The molecule has 0 unspecified atom stereocenters. The molecule has 0 amide bonds. The highest BCUT2D eigenvalue weighted by Gasteiger charge is 2.14. The van der Waals surface area contributed by atoms with Gasteiger partial charge in [0.25, 0.3) is 0 Å². The monoisotopic (exact) mass is 293 g/mol. The van der Waals surface area contributed by atoms with Crippen molar-refractivity contribution in [2.75, 3.05) is 7.11 Å². The predicted molar refractivity (Wildman–Crippen MR) is 84.5 cm³/mol. The van der Waals surface area contributed by atoms with Crippen LogP contribution in [0.5, 0.6) is 5.75 Å². The number of nitrogens with zero attached hydrogens (tertiary/aromatic N) is 4. The fourth-order valence-electron chi connectivity index (χ4n) is 2.81. The SMILES string of the molecule is COc1ccc2[nH]c3c(-n4nc(C)cc4C)nncc3c2c1. The van der Waals surface area contributed by atoms with E-state index in [1.54, 1.807) is 13.3 Å². The third-order valence-electron chi connectivity index (χ3n) is 3.82. The van der Waals surface area contributed by atoms with Crippen molar-refractivity contribution < 1.29 is 4.74 Å². The number of aryl methyl sites for hydroxylation is 2. The van der Waals surface area contributed by atoms with Gasteiger partial charge in [0.2, 0.25) is 0 Å². The highest BCUT2D eigenvalue weighted by Crippen LogP contribution is 2.30. The lowest BCUT2D eigenvalue weighted by atomic mass is 10.2. The molecule has 0 saturated carbocycles. The number of H-pyrrole nitrogens is 1. The van der Waals surface area contributed by atoms with E-state index in [0.717, 1.165) is 38.9 Å². The number of benzene rings is 1. The average molecular weight is 293 g/mol. The van der Waals surface area contributed by atoms with Crippen molar-refractivity contribution in [3.63, 3.8) is 0 Å². The van der Waals surface area contributed by atoms with Gasteiger partial charge in [-0.1, -0.05) is 0 Å². The minimum absolute atomic E-state index is 0.707. The van der Waals surface area contributed by atoms with Gasteiger partial charge in [0, 0.05) is 22.0 Å². The van der Waals surface area contributed by atoms with Gasteiger partial charge in [0.05, 0.1) is 24.5 Å². The van der Waals surface area contributed by atoms with E-state index >= 15 is 0 Å². The maximum atomic E-state index is 5.31. The third kappa shape index (κ3) is 1.77. The van der Waals surface area contributed by atoms with Crippen molar-refractivity contribution in [2.45, 2.75) is 13.8 Å². The van der Waals surface area contributed by atoms with Crippen molar-refractivity contribution in [3.05, 3.63) is 41.9 Å². The molecule has 0 aliphatic carbocycles. The maximum Gasteiger partial charge on any atom is 0.200 e. The standard InChI is InChI=1S/C16H15N5O/c1-9-6-10(2)21(20-9)16-15-13(8-17-19-16)12-7-11(22-3)4-5-14(12)18-15/h4-8,18H,1-3H3. The van der Waals surface area contributed by atoms with Crippen LogP contribution in [0.25, 0.3) is 27.6 Å². The van der Waals surface area contributed by atoms with Crippen molar-refractivity contribution in [3.8, 4) is 11.6 Å². The summed E-state index contributed by atoms with van der Waals surface area (Å²) in [6, 6.07) is 7.95. The number of aromatic amines is 1. The Kier molecular flexibility index (Phi) is 2.66. The molecule has 0 saturated heterocycles. The normalized spacial score (nSPS) is 11.4. The Labute approximate surface area is 126 Å². The molecule has 6 nitrogen and oxygen atoms in total. The topological polar surface area (TPSA) is 68.6 Å². The van der Waals surface area contributed by atoms with Crippen LogP contribution in [0.3, 0.4) is 0 Å². The Morgan fingerprint density at radius 2 is 2.00 bits per heavy atom. The number of hydrogen-bond acceptors (Lipinski definition) is 4. The molecule has 22 heavy (non-hydrogen) atoms. The number of ether oxygens (including phenoxy) is 1. The second kappa shape index (κ2) is 4.56. The maximum absolute atomic E-state index is 5.31. The van der Waals surface area contributed by atoms with Crippen LogP contribution < -0.4 is 4.74 Å². The minimum Gasteiger partial charge on any atom is -0.497 e. The quantitative estimate of drug-likeness (QED) is 0.617. The molecule has 3 aromatic heterocycles. The first-order valence-electron chi connectivity index (χ1n) is 7.02. The lowest BCUT2D eigenvalue weighted by molar-refractivity contribution is 0.415. The van der Waals surface area contributed by atoms with E-state index in [0.29, 0.717) is 5.82 Å².